The van der Waals surface area contributed by atoms with Crippen LogP contribution in [0, 0.1) is 0 Å². The molecule has 0 aliphatic rings. The number of benzene rings is 2. The minimum Gasteiger partial charge on any atom is -0.464 e. The molecule has 0 atom stereocenters. The molecule has 0 fully saturated rings. The van der Waals surface area contributed by atoms with E-state index in [1.54, 1.807) is 0 Å². The van der Waals surface area contributed by atoms with Crippen LogP contribution in [-0.4, -0.2) is 18.1 Å². The van der Waals surface area contributed by atoms with Crippen molar-refractivity contribution in [3.05, 3.63) is 71.4 Å². The molecule has 0 saturated carbocycles. The average Bonchev–Trinajstić information content (AvgIpc) is 2.86. The summed E-state index contributed by atoms with van der Waals surface area (Å²) in [6, 6.07) is 18.0. The molecular weight excluding hydrogens is 250 g/mol. The van der Waals surface area contributed by atoms with E-state index < -0.39 is 0 Å². The number of nitrogens with one attached hydrogen (secondary N) is 1. The van der Waals surface area contributed by atoms with E-state index in [-0.39, 0.29) is 5.97 Å². The number of aromatic nitrogens is 1. The maximum Gasteiger partial charge on any atom is 0.354 e. The molecule has 100 valence electrons. The normalized spacial score (nSPS) is 10.7. The molecule has 0 radical (unpaired) electrons. The van der Waals surface area contributed by atoms with E-state index in [1.807, 2.05) is 42.5 Å². The van der Waals surface area contributed by atoms with E-state index in [0.29, 0.717) is 12.1 Å². The van der Waals surface area contributed by atoms with Gasteiger partial charge in [0.2, 0.25) is 0 Å². The van der Waals surface area contributed by atoms with Crippen molar-refractivity contribution in [1.82, 2.24) is 4.98 Å². The minimum atomic E-state index is -0.327. The molecule has 2 aromatic carbocycles. The monoisotopic (exact) mass is 265 g/mol. The van der Waals surface area contributed by atoms with Gasteiger partial charge in [-0.15, -0.1) is 0 Å². The first-order valence-corrected chi connectivity index (χ1v) is 6.51. The van der Waals surface area contributed by atoms with Crippen LogP contribution < -0.4 is 0 Å². The first kappa shape index (κ1) is 12.5. The number of carbonyl (C=O) groups is 1. The standard InChI is InChI=1S/C17H15NO2/c1-20-17(19)16-14(11-12-7-3-2-4-8-12)13-9-5-6-10-15(13)18-16/h2-10,18H,11H2,1H3. The van der Waals surface area contributed by atoms with Gasteiger partial charge in [-0.2, -0.15) is 0 Å². The number of ether oxygens (including phenoxy) is 1. The maximum absolute atomic E-state index is 11.9. The Morgan fingerprint density at radius 2 is 1.75 bits per heavy atom. The third-order valence-electron chi connectivity index (χ3n) is 3.43. The summed E-state index contributed by atoms with van der Waals surface area (Å²) >= 11 is 0. The van der Waals surface area contributed by atoms with Crippen molar-refractivity contribution in [1.29, 1.82) is 0 Å². The summed E-state index contributed by atoms with van der Waals surface area (Å²) in [4.78, 5) is 15.1. The van der Waals surface area contributed by atoms with Crippen LogP contribution in [0.1, 0.15) is 21.6 Å². The molecule has 1 aromatic heterocycles. The van der Waals surface area contributed by atoms with Crippen molar-refractivity contribution in [2.75, 3.05) is 7.11 Å². The molecule has 0 amide bonds. The Morgan fingerprint density at radius 3 is 2.50 bits per heavy atom. The summed E-state index contributed by atoms with van der Waals surface area (Å²) in [6.07, 6.45) is 0.704. The molecule has 0 bridgehead atoms. The van der Waals surface area contributed by atoms with Gasteiger partial charge < -0.3 is 9.72 Å². The Morgan fingerprint density at radius 1 is 1.05 bits per heavy atom. The van der Waals surface area contributed by atoms with Crippen LogP contribution in [0.3, 0.4) is 0 Å². The van der Waals surface area contributed by atoms with Gasteiger partial charge in [0.15, 0.2) is 0 Å². The molecule has 0 spiro atoms. The highest BCUT2D eigenvalue weighted by Gasteiger charge is 2.18. The molecule has 0 saturated heterocycles. The van der Waals surface area contributed by atoms with E-state index in [4.69, 9.17) is 4.74 Å². The van der Waals surface area contributed by atoms with E-state index in [2.05, 4.69) is 17.1 Å². The van der Waals surface area contributed by atoms with Crippen molar-refractivity contribution >= 4 is 16.9 Å². The van der Waals surface area contributed by atoms with Crippen molar-refractivity contribution in [2.24, 2.45) is 0 Å². The lowest BCUT2D eigenvalue weighted by molar-refractivity contribution is 0.0594. The Bertz CT molecular complexity index is 744. The maximum atomic E-state index is 11.9. The fraction of sp³-hybridized carbons (Fsp3) is 0.118. The molecule has 3 nitrogen and oxygen atoms in total. The number of rotatable bonds is 3. The largest absolute Gasteiger partial charge is 0.464 e. The van der Waals surface area contributed by atoms with Crippen molar-refractivity contribution in [3.63, 3.8) is 0 Å². The molecule has 3 aromatic rings. The van der Waals surface area contributed by atoms with Crippen molar-refractivity contribution < 1.29 is 9.53 Å². The van der Waals surface area contributed by atoms with Gasteiger partial charge in [0.1, 0.15) is 5.69 Å². The zero-order valence-corrected chi connectivity index (χ0v) is 11.2. The van der Waals surface area contributed by atoms with Gasteiger partial charge in [0, 0.05) is 17.3 Å². The van der Waals surface area contributed by atoms with Gasteiger partial charge >= 0.3 is 5.97 Å². The number of aromatic amines is 1. The molecule has 20 heavy (non-hydrogen) atoms. The van der Waals surface area contributed by atoms with Gasteiger partial charge in [-0.25, -0.2) is 4.79 Å². The van der Waals surface area contributed by atoms with Gasteiger partial charge in [0.05, 0.1) is 7.11 Å². The number of methoxy groups -OCH3 is 1. The topological polar surface area (TPSA) is 42.1 Å². The third kappa shape index (κ3) is 2.18. The summed E-state index contributed by atoms with van der Waals surface area (Å²) in [7, 11) is 1.40. The molecule has 3 rings (SSSR count). The highest BCUT2D eigenvalue weighted by atomic mass is 16.5. The smallest absolute Gasteiger partial charge is 0.354 e. The number of hydrogen-bond acceptors (Lipinski definition) is 2. The Kier molecular flexibility index (Phi) is 3.25. The SMILES string of the molecule is COC(=O)c1[nH]c2ccccc2c1Cc1ccccc1. The number of H-pyrrole nitrogens is 1. The zero-order valence-electron chi connectivity index (χ0n) is 11.2. The average molecular weight is 265 g/mol. The highest BCUT2D eigenvalue weighted by Crippen LogP contribution is 2.25. The van der Waals surface area contributed by atoms with Crippen LogP contribution in [0.5, 0.6) is 0 Å². The Labute approximate surface area is 117 Å². The fourth-order valence-electron chi connectivity index (χ4n) is 2.46. The zero-order chi connectivity index (χ0) is 13.9. The summed E-state index contributed by atoms with van der Waals surface area (Å²) in [5.41, 5.74) is 3.65. The van der Waals surface area contributed by atoms with Crippen molar-refractivity contribution in [2.45, 2.75) is 6.42 Å². The van der Waals surface area contributed by atoms with E-state index in [0.717, 1.165) is 16.5 Å². The first-order valence-electron chi connectivity index (χ1n) is 6.51. The van der Waals surface area contributed by atoms with Gasteiger partial charge in [-0.1, -0.05) is 48.5 Å². The van der Waals surface area contributed by atoms with E-state index in [9.17, 15) is 4.79 Å². The summed E-state index contributed by atoms with van der Waals surface area (Å²) in [6.45, 7) is 0. The molecule has 0 aliphatic carbocycles. The first-order chi connectivity index (χ1) is 9.79. The number of hydrogen-bond donors (Lipinski definition) is 1. The van der Waals surface area contributed by atoms with Gasteiger partial charge in [-0.3, -0.25) is 0 Å². The number of esters is 1. The molecule has 0 aliphatic heterocycles. The molecule has 1 N–H and O–H groups in total. The molecule has 0 unspecified atom stereocenters. The van der Waals surface area contributed by atoms with E-state index >= 15 is 0 Å². The number of para-hydroxylation sites is 1. The van der Waals surface area contributed by atoms with Crippen LogP contribution in [0.2, 0.25) is 0 Å². The number of carbonyl (C=O) groups excluding carboxylic acids is 1. The predicted octanol–water partition coefficient (Wildman–Crippen LogP) is 3.55. The molecule has 3 heteroatoms. The summed E-state index contributed by atoms with van der Waals surface area (Å²) in [5.74, 6) is -0.327. The van der Waals surface area contributed by atoms with Crippen molar-refractivity contribution in [3.8, 4) is 0 Å². The van der Waals surface area contributed by atoms with Crippen LogP contribution in [0.4, 0.5) is 0 Å². The second kappa shape index (κ2) is 5.21. The summed E-state index contributed by atoms with van der Waals surface area (Å²) < 4.78 is 4.87. The number of fused-ring (bicyclic) bond motifs is 1. The lowest BCUT2D eigenvalue weighted by atomic mass is 10.0. The quantitative estimate of drug-likeness (QED) is 0.736. The van der Waals surface area contributed by atoms with Gasteiger partial charge in [-0.05, 0) is 17.2 Å². The summed E-state index contributed by atoms with van der Waals surface area (Å²) in [5, 5.41) is 1.07. The Hall–Kier alpha value is -2.55. The van der Waals surface area contributed by atoms with Crippen LogP contribution in [-0.2, 0) is 11.2 Å². The highest BCUT2D eigenvalue weighted by molar-refractivity contribution is 5.98. The third-order valence-corrected chi connectivity index (χ3v) is 3.43. The predicted molar refractivity (Wildman–Crippen MR) is 78.9 cm³/mol. The second-order valence-electron chi connectivity index (χ2n) is 4.68. The van der Waals surface area contributed by atoms with Gasteiger partial charge in [0.25, 0.3) is 0 Å². The second-order valence-corrected chi connectivity index (χ2v) is 4.68. The Balaban J connectivity index is 2.13. The minimum absolute atomic E-state index is 0.327. The lowest BCUT2D eigenvalue weighted by Gasteiger charge is -2.04. The van der Waals surface area contributed by atoms with Crippen LogP contribution in [0.25, 0.3) is 10.9 Å². The molecular formula is C17H15NO2. The fourth-order valence-corrected chi connectivity index (χ4v) is 2.46. The lowest BCUT2D eigenvalue weighted by Crippen LogP contribution is -2.05. The van der Waals surface area contributed by atoms with E-state index in [1.165, 1.54) is 12.7 Å². The molecule has 1 heterocycles. The van der Waals surface area contributed by atoms with Crippen LogP contribution in [0.15, 0.2) is 54.6 Å². The van der Waals surface area contributed by atoms with Crippen LogP contribution >= 0.6 is 0 Å².